The minimum absolute atomic E-state index is 0.198. The number of aliphatic hydroxyl groups is 1. The van der Waals surface area contributed by atoms with Crippen LogP contribution in [0.1, 0.15) is 25.7 Å². The van der Waals surface area contributed by atoms with Crippen molar-refractivity contribution in [3.05, 3.63) is 12.7 Å². The molecule has 0 spiro atoms. The fourth-order valence-corrected chi connectivity index (χ4v) is 4.95. The summed E-state index contributed by atoms with van der Waals surface area (Å²) in [6.45, 7) is 0.825. The summed E-state index contributed by atoms with van der Waals surface area (Å²) < 4.78 is 2.10. The van der Waals surface area contributed by atoms with Crippen LogP contribution in [0.5, 0.6) is 0 Å². The Labute approximate surface area is 139 Å². The van der Waals surface area contributed by atoms with E-state index in [2.05, 4.69) is 24.8 Å². The number of aliphatic hydroxyl groups excluding tert-OH is 1. The van der Waals surface area contributed by atoms with E-state index in [9.17, 15) is 5.11 Å². The van der Waals surface area contributed by atoms with E-state index in [4.69, 9.17) is 11.6 Å². The Morgan fingerprint density at radius 2 is 2.09 bits per heavy atom. The second-order valence-corrected chi connectivity index (χ2v) is 7.82. The molecule has 2 N–H and O–H groups in total. The van der Waals surface area contributed by atoms with Gasteiger partial charge in [0.25, 0.3) is 0 Å². The molecular weight excluding hydrogens is 314 g/mol. The Hall–Kier alpha value is -1.40. The van der Waals surface area contributed by atoms with Crippen LogP contribution in [0.15, 0.2) is 12.7 Å². The molecule has 0 radical (unpaired) electrons. The molecule has 0 amide bonds. The van der Waals surface area contributed by atoms with Crippen molar-refractivity contribution in [1.29, 1.82) is 0 Å². The minimum Gasteiger partial charge on any atom is -0.393 e. The first-order valence-electron chi connectivity index (χ1n) is 8.45. The highest BCUT2D eigenvalue weighted by Gasteiger charge is 2.52. The van der Waals surface area contributed by atoms with E-state index in [1.54, 1.807) is 6.33 Å². The predicted octanol–water partition coefficient (Wildman–Crippen LogP) is 2.02. The second kappa shape index (κ2) is 5.05. The maximum Gasteiger partial charge on any atom is 0.165 e. The van der Waals surface area contributed by atoms with Crippen LogP contribution < -0.4 is 5.32 Å². The van der Waals surface area contributed by atoms with Gasteiger partial charge in [0, 0.05) is 18.0 Å². The Kier molecular flexibility index (Phi) is 3.07. The van der Waals surface area contributed by atoms with Crippen LogP contribution >= 0.6 is 11.6 Å². The molecule has 0 aromatic carbocycles. The first kappa shape index (κ1) is 14.0. The smallest absolute Gasteiger partial charge is 0.165 e. The molecule has 3 aliphatic carbocycles. The molecule has 6 nitrogen and oxygen atoms in total. The monoisotopic (exact) mass is 333 g/mol. The van der Waals surface area contributed by atoms with Gasteiger partial charge >= 0.3 is 0 Å². The van der Waals surface area contributed by atoms with Gasteiger partial charge < -0.3 is 15.0 Å². The normalized spacial score (nSPS) is 36.0. The third-order valence-electron chi connectivity index (χ3n) is 5.80. The van der Waals surface area contributed by atoms with Gasteiger partial charge in [-0.1, -0.05) is 0 Å². The summed E-state index contributed by atoms with van der Waals surface area (Å²) in [6.07, 6.45) is 7.42. The van der Waals surface area contributed by atoms with Gasteiger partial charge in [0.05, 0.1) is 12.4 Å². The largest absolute Gasteiger partial charge is 0.393 e. The van der Waals surface area contributed by atoms with Gasteiger partial charge in [-0.3, -0.25) is 0 Å². The molecule has 0 saturated heterocycles. The maximum atomic E-state index is 10.2. The van der Waals surface area contributed by atoms with Gasteiger partial charge in [-0.2, -0.15) is 0 Å². The number of anilines is 1. The Bertz CT molecular complexity index is 729. The summed E-state index contributed by atoms with van der Waals surface area (Å²) in [5.41, 5.74) is 1.71. The molecule has 23 heavy (non-hydrogen) atoms. The van der Waals surface area contributed by atoms with Crippen molar-refractivity contribution >= 4 is 28.6 Å². The Balaban J connectivity index is 1.45. The number of imidazole rings is 1. The quantitative estimate of drug-likeness (QED) is 0.837. The Morgan fingerprint density at radius 3 is 2.83 bits per heavy atom. The van der Waals surface area contributed by atoms with Gasteiger partial charge in [0.2, 0.25) is 0 Å². The molecule has 5 atom stereocenters. The van der Waals surface area contributed by atoms with Crippen molar-refractivity contribution in [3.8, 4) is 0 Å². The van der Waals surface area contributed by atoms with E-state index < -0.39 is 0 Å². The van der Waals surface area contributed by atoms with E-state index in [1.807, 2.05) is 6.33 Å². The lowest BCUT2D eigenvalue weighted by Crippen LogP contribution is -2.21. The van der Waals surface area contributed by atoms with Gasteiger partial charge in [-0.25, -0.2) is 15.0 Å². The van der Waals surface area contributed by atoms with Crippen LogP contribution in [0.3, 0.4) is 0 Å². The molecule has 2 aromatic rings. The zero-order chi connectivity index (χ0) is 15.6. The predicted molar refractivity (Wildman–Crippen MR) is 87.3 cm³/mol. The van der Waals surface area contributed by atoms with Crippen LogP contribution in [0.2, 0.25) is 0 Å². The molecule has 5 rings (SSSR count). The Morgan fingerprint density at radius 1 is 1.22 bits per heavy atom. The average Bonchev–Trinajstić information content (AvgIpc) is 3.08. The first-order valence-corrected chi connectivity index (χ1v) is 8.89. The number of rotatable bonds is 4. The van der Waals surface area contributed by atoms with Gasteiger partial charge in [-0.15, -0.1) is 11.6 Å². The lowest BCUT2D eigenvalue weighted by Gasteiger charge is -2.19. The number of hydrogen-bond acceptors (Lipinski definition) is 5. The number of hydrogen-bond donors (Lipinski definition) is 2. The molecular formula is C16H20ClN5O. The number of halogens is 1. The number of fused-ring (bicyclic) bond motifs is 3. The van der Waals surface area contributed by atoms with Crippen molar-refractivity contribution in [3.63, 3.8) is 0 Å². The standard InChI is InChI=1S/C16H20ClN5O/c17-12-3-10-11(9(12)4-13(10)23)5-22-7-20-14-15(21-8-1-2-8)18-6-19-16(14)22/h6-13,23H,1-5H2,(H,18,19,21)/t9-,10-,11-,12-,13?/m0/s1. The highest BCUT2D eigenvalue weighted by atomic mass is 35.5. The lowest BCUT2D eigenvalue weighted by molar-refractivity contribution is 0.106. The number of nitrogens with one attached hydrogen (secondary N) is 1. The van der Waals surface area contributed by atoms with Crippen molar-refractivity contribution in [2.75, 3.05) is 5.32 Å². The number of nitrogens with zero attached hydrogens (tertiary/aromatic N) is 4. The molecule has 3 aliphatic rings. The molecule has 1 unspecified atom stereocenters. The summed E-state index contributed by atoms with van der Waals surface area (Å²) in [4.78, 5) is 13.3. The van der Waals surface area contributed by atoms with Crippen LogP contribution in [-0.4, -0.2) is 42.1 Å². The van der Waals surface area contributed by atoms with Crippen LogP contribution in [-0.2, 0) is 6.54 Å². The highest BCUT2D eigenvalue weighted by Crippen LogP contribution is 2.52. The highest BCUT2D eigenvalue weighted by molar-refractivity contribution is 6.21. The summed E-state index contributed by atoms with van der Waals surface area (Å²) >= 11 is 6.45. The van der Waals surface area contributed by atoms with E-state index >= 15 is 0 Å². The topological polar surface area (TPSA) is 75.9 Å². The van der Waals surface area contributed by atoms with Gasteiger partial charge in [0.1, 0.15) is 11.8 Å². The van der Waals surface area contributed by atoms with Crippen molar-refractivity contribution in [1.82, 2.24) is 19.5 Å². The van der Waals surface area contributed by atoms with E-state index in [-0.39, 0.29) is 11.5 Å². The average molecular weight is 334 g/mol. The molecule has 2 aromatic heterocycles. The van der Waals surface area contributed by atoms with Crippen molar-refractivity contribution in [2.45, 2.75) is 49.8 Å². The van der Waals surface area contributed by atoms with Gasteiger partial charge in [-0.05, 0) is 43.4 Å². The summed E-state index contributed by atoms with van der Waals surface area (Å²) in [7, 11) is 0. The van der Waals surface area contributed by atoms with E-state index in [0.29, 0.717) is 23.8 Å². The lowest BCUT2D eigenvalue weighted by atomic mass is 9.97. The van der Waals surface area contributed by atoms with Crippen molar-refractivity contribution < 1.29 is 5.11 Å². The van der Waals surface area contributed by atoms with Crippen molar-refractivity contribution in [2.24, 2.45) is 17.8 Å². The fraction of sp³-hybridized carbons (Fsp3) is 0.688. The first-order chi connectivity index (χ1) is 11.2. The molecule has 0 aliphatic heterocycles. The third-order valence-corrected chi connectivity index (χ3v) is 6.30. The molecule has 7 heteroatoms. The number of aromatic nitrogens is 4. The summed E-state index contributed by atoms with van der Waals surface area (Å²) in [5.74, 6) is 1.96. The molecule has 2 bridgehead atoms. The van der Waals surface area contributed by atoms with Crippen LogP contribution in [0, 0.1) is 17.8 Å². The number of alkyl halides is 1. The zero-order valence-electron chi connectivity index (χ0n) is 12.8. The molecule has 3 fully saturated rings. The minimum atomic E-state index is -0.198. The molecule has 122 valence electrons. The zero-order valence-corrected chi connectivity index (χ0v) is 13.5. The van der Waals surface area contributed by atoms with Gasteiger partial charge in [0.15, 0.2) is 11.5 Å². The molecule has 3 saturated carbocycles. The summed E-state index contributed by atoms with van der Waals surface area (Å²) in [5, 5.41) is 13.8. The van der Waals surface area contributed by atoms with E-state index in [1.165, 1.54) is 12.8 Å². The van der Waals surface area contributed by atoms with Crippen LogP contribution in [0.4, 0.5) is 5.82 Å². The second-order valence-electron chi connectivity index (χ2n) is 7.26. The molecule has 2 heterocycles. The SMILES string of the molecule is OC1C[C@H]2[C@H](Cn3cnc4c(NC5CC5)ncnc43)[C@@H]1C[C@@H]2Cl. The van der Waals surface area contributed by atoms with Crippen LogP contribution in [0.25, 0.3) is 11.2 Å². The third kappa shape index (κ3) is 2.22. The van der Waals surface area contributed by atoms with E-state index in [0.717, 1.165) is 36.4 Å². The summed E-state index contributed by atoms with van der Waals surface area (Å²) in [6, 6.07) is 0.538. The fourth-order valence-electron chi connectivity index (χ4n) is 4.45. The maximum absolute atomic E-state index is 10.2.